The Morgan fingerprint density at radius 1 is 1.36 bits per heavy atom. The topological polar surface area (TPSA) is 133 Å². The summed E-state index contributed by atoms with van der Waals surface area (Å²) in [6.07, 6.45) is 9.36. The summed E-state index contributed by atoms with van der Waals surface area (Å²) in [5.74, 6) is 1.84. The largest absolute Gasteiger partial charge is 0.378 e. The molecule has 4 rings (SSSR count). The van der Waals surface area contributed by atoms with Crippen molar-refractivity contribution in [3.05, 3.63) is 34.4 Å². The number of hydrogen-bond donors (Lipinski definition) is 2. The number of carbonyl (C=O) groups is 1. The molecule has 210 valence electrons. The monoisotopic (exact) mass is 555 g/mol. The maximum Gasteiger partial charge on any atom is 0.277 e. The van der Waals surface area contributed by atoms with E-state index in [4.69, 9.17) is 24.9 Å². The van der Waals surface area contributed by atoms with Crippen molar-refractivity contribution >= 4 is 47.6 Å². The summed E-state index contributed by atoms with van der Waals surface area (Å²) in [4.78, 5) is 40.3. The van der Waals surface area contributed by atoms with E-state index in [-0.39, 0.29) is 10.8 Å². The number of thioether (sulfide) groups is 1. The molecule has 0 radical (unpaired) electrons. The van der Waals surface area contributed by atoms with Crippen molar-refractivity contribution in [2.45, 2.75) is 44.4 Å². The number of unbranched alkanes of at least 4 members (excludes halogenated alkanes) is 1. The van der Waals surface area contributed by atoms with E-state index in [0.29, 0.717) is 26.4 Å². The van der Waals surface area contributed by atoms with E-state index >= 15 is 0 Å². The highest BCUT2D eigenvalue weighted by atomic mass is 32.2. The fraction of sp³-hybridized carbons (Fsp3) is 0.538. The van der Waals surface area contributed by atoms with Crippen LogP contribution < -0.4 is 10.4 Å². The fourth-order valence-corrected chi connectivity index (χ4v) is 5.68. The predicted molar refractivity (Wildman–Crippen MR) is 154 cm³/mol. The molecule has 0 bridgehead atoms. The Balaban J connectivity index is 1.57. The number of ether oxygens (including phenoxy) is 1. The third-order valence-corrected chi connectivity index (χ3v) is 7.96. The van der Waals surface area contributed by atoms with Crippen LogP contribution in [0.4, 0.5) is 5.82 Å². The number of morpholine rings is 1. The maximum atomic E-state index is 11.7. The van der Waals surface area contributed by atoms with Crippen LogP contribution >= 0.6 is 11.8 Å². The van der Waals surface area contributed by atoms with Crippen LogP contribution in [0, 0.1) is 0 Å². The van der Waals surface area contributed by atoms with Gasteiger partial charge in [0.1, 0.15) is 11.6 Å². The molecular formula is C26H37N9O3S. The van der Waals surface area contributed by atoms with E-state index in [9.17, 15) is 4.79 Å². The Bertz CT molecular complexity index is 1270. The van der Waals surface area contributed by atoms with Gasteiger partial charge in [0.15, 0.2) is 17.0 Å². The molecule has 2 aromatic rings. The number of anilines is 1. The minimum absolute atomic E-state index is 0.0960. The van der Waals surface area contributed by atoms with Crippen molar-refractivity contribution in [2.24, 2.45) is 17.0 Å². The molecule has 1 fully saturated rings. The molecule has 0 spiro atoms. The Morgan fingerprint density at radius 3 is 2.87 bits per heavy atom. The molecule has 4 heterocycles. The van der Waals surface area contributed by atoms with E-state index < -0.39 is 5.91 Å². The first-order chi connectivity index (χ1) is 18.9. The van der Waals surface area contributed by atoms with Gasteiger partial charge in [0.25, 0.3) is 5.91 Å². The van der Waals surface area contributed by atoms with E-state index in [1.54, 1.807) is 5.48 Å². The number of allylic oxidation sites excluding steroid dienone is 2. The first kappa shape index (κ1) is 28.9. The molecule has 0 aromatic carbocycles. The van der Waals surface area contributed by atoms with Crippen LogP contribution in [0.5, 0.6) is 0 Å². The lowest BCUT2D eigenvalue weighted by Gasteiger charge is -2.28. The van der Waals surface area contributed by atoms with Gasteiger partial charge in [-0.15, -0.1) is 11.8 Å². The molecule has 2 aliphatic rings. The normalized spacial score (nSPS) is 18.4. The second kappa shape index (κ2) is 13.8. The van der Waals surface area contributed by atoms with Gasteiger partial charge < -0.3 is 14.2 Å². The summed E-state index contributed by atoms with van der Waals surface area (Å²) >= 11 is 1.89. The quantitative estimate of drug-likeness (QED) is 0.175. The maximum absolute atomic E-state index is 11.7. The minimum atomic E-state index is -0.706. The van der Waals surface area contributed by atoms with Crippen molar-refractivity contribution in [3.8, 4) is 0 Å². The van der Waals surface area contributed by atoms with Gasteiger partial charge >= 0.3 is 0 Å². The van der Waals surface area contributed by atoms with Crippen LogP contribution in [0.3, 0.4) is 0 Å². The van der Waals surface area contributed by atoms with Crippen LogP contribution in [-0.2, 0) is 23.1 Å². The zero-order valence-electron chi connectivity index (χ0n) is 22.8. The Hall–Kier alpha value is -3.13. The SMILES string of the molecule is C=N/C=C(\C=N/CN(C)Cc1nc2c(N3CCOCC3)nc(C3CC=C(CCCC)S3)nc2n1C)C(=O)NO. The minimum Gasteiger partial charge on any atom is -0.378 e. The van der Waals surface area contributed by atoms with Gasteiger partial charge in [-0.2, -0.15) is 0 Å². The summed E-state index contributed by atoms with van der Waals surface area (Å²) in [5, 5.41) is 9.08. The molecule has 1 amide bonds. The Morgan fingerprint density at radius 2 is 2.15 bits per heavy atom. The van der Waals surface area contributed by atoms with Gasteiger partial charge in [-0.3, -0.25) is 24.9 Å². The van der Waals surface area contributed by atoms with E-state index in [0.717, 1.165) is 54.6 Å². The molecule has 39 heavy (non-hydrogen) atoms. The molecule has 0 aliphatic carbocycles. The number of aromatic nitrogens is 4. The first-order valence-corrected chi connectivity index (χ1v) is 14.0. The number of fused-ring (bicyclic) bond motifs is 1. The van der Waals surface area contributed by atoms with E-state index in [2.05, 4.69) is 34.6 Å². The second-order valence-electron chi connectivity index (χ2n) is 9.56. The Labute approximate surface area is 232 Å². The molecule has 2 aromatic heterocycles. The number of imidazole rings is 1. The van der Waals surface area contributed by atoms with Crippen LogP contribution in [0.15, 0.2) is 32.7 Å². The predicted octanol–water partition coefficient (Wildman–Crippen LogP) is 3.00. The molecule has 13 heteroatoms. The summed E-state index contributed by atoms with van der Waals surface area (Å²) in [7, 11) is 3.90. The van der Waals surface area contributed by atoms with Crippen LogP contribution in [0.1, 0.15) is 49.5 Å². The van der Waals surface area contributed by atoms with E-state index in [1.165, 1.54) is 30.2 Å². The summed E-state index contributed by atoms with van der Waals surface area (Å²) in [6, 6.07) is 0. The lowest BCUT2D eigenvalue weighted by molar-refractivity contribution is -0.124. The van der Waals surface area contributed by atoms with Gasteiger partial charge in [0.2, 0.25) is 0 Å². The van der Waals surface area contributed by atoms with Gasteiger partial charge in [0, 0.05) is 32.6 Å². The molecule has 0 saturated carbocycles. The number of aryl methyl sites for hydroxylation is 1. The van der Waals surface area contributed by atoms with Crippen LogP contribution in [-0.4, -0.2) is 88.5 Å². The summed E-state index contributed by atoms with van der Waals surface area (Å²) in [6.45, 7) is 9.22. The molecule has 1 saturated heterocycles. The van der Waals surface area contributed by atoms with Gasteiger partial charge in [-0.25, -0.2) is 20.4 Å². The molecule has 2 N–H and O–H groups in total. The lowest BCUT2D eigenvalue weighted by Crippen LogP contribution is -2.37. The average Bonchev–Trinajstić information content (AvgIpc) is 3.55. The number of aliphatic imine (C=N–C) groups is 2. The summed E-state index contributed by atoms with van der Waals surface area (Å²) in [5.41, 5.74) is 3.28. The van der Waals surface area contributed by atoms with Crippen molar-refractivity contribution in [3.63, 3.8) is 0 Å². The number of nitrogens with zero attached hydrogens (tertiary/aromatic N) is 8. The number of amides is 1. The third kappa shape index (κ3) is 7.10. The number of hydrogen-bond acceptors (Lipinski definition) is 11. The van der Waals surface area contributed by atoms with Gasteiger partial charge in [-0.05, 0) is 37.9 Å². The van der Waals surface area contributed by atoms with E-state index in [1.807, 2.05) is 35.3 Å². The smallest absolute Gasteiger partial charge is 0.277 e. The third-order valence-electron chi connectivity index (χ3n) is 6.60. The highest BCUT2D eigenvalue weighted by Crippen LogP contribution is 2.45. The number of rotatable bonds is 12. The number of carbonyl (C=O) groups excluding carboxylic acids is 1. The average molecular weight is 556 g/mol. The lowest BCUT2D eigenvalue weighted by atomic mass is 10.2. The van der Waals surface area contributed by atoms with Crippen LogP contribution in [0.25, 0.3) is 11.2 Å². The molecule has 2 aliphatic heterocycles. The van der Waals surface area contributed by atoms with Crippen LogP contribution in [0.2, 0.25) is 0 Å². The fourth-order valence-electron chi connectivity index (χ4n) is 4.46. The highest BCUT2D eigenvalue weighted by molar-refractivity contribution is 8.03. The second-order valence-corrected chi connectivity index (χ2v) is 10.9. The zero-order chi connectivity index (χ0) is 27.8. The number of nitrogens with one attached hydrogen (secondary N) is 1. The van der Waals surface area contributed by atoms with Crippen molar-refractivity contribution in [1.29, 1.82) is 0 Å². The zero-order valence-corrected chi connectivity index (χ0v) is 23.7. The van der Waals surface area contributed by atoms with Crippen molar-refractivity contribution in [2.75, 3.05) is 44.9 Å². The van der Waals surface area contributed by atoms with Crippen molar-refractivity contribution < 1.29 is 14.7 Å². The highest BCUT2D eigenvalue weighted by Gasteiger charge is 2.27. The number of hydroxylamine groups is 1. The molecule has 1 unspecified atom stereocenters. The molecular weight excluding hydrogens is 518 g/mol. The Kier molecular flexibility index (Phi) is 10.2. The van der Waals surface area contributed by atoms with Gasteiger partial charge in [0.05, 0.1) is 37.3 Å². The summed E-state index contributed by atoms with van der Waals surface area (Å²) < 4.78 is 7.62. The molecule has 1 atom stereocenters. The van der Waals surface area contributed by atoms with Gasteiger partial charge in [-0.1, -0.05) is 19.4 Å². The standard InChI is InChI=1S/C26H37N9O3S/c1-5-6-7-19-8-9-20(39-19)23-30-24-22(25(31-23)35-10-12-38-13-11-35)29-21(34(24)4)16-33(3)17-28-15-18(14-27-2)26(36)32-37/h8,14-15,20,37H,2,5-7,9-13,16-17H2,1,3-4H3,(H,32,36)/b18-14+,28-15-. The first-order valence-electron chi connectivity index (χ1n) is 13.2. The van der Waals surface area contributed by atoms with Crippen molar-refractivity contribution in [1.82, 2.24) is 29.9 Å². The molecule has 12 nitrogen and oxygen atoms in total.